The van der Waals surface area contributed by atoms with Crippen molar-refractivity contribution in [2.45, 2.75) is 19.4 Å². The van der Waals surface area contributed by atoms with Crippen molar-refractivity contribution in [3.8, 4) is 5.75 Å². The van der Waals surface area contributed by atoms with E-state index in [1.165, 1.54) is 6.92 Å². The van der Waals surface area contributed by atoms with Gasteiger partial charge in [-0.15, -0.1) is 0 Å². The van der Waals surface area contributed by atoms with E-state index in [1.807, 2.05) is 60.7 Å². The number of hydrogen-bond donors (Lipinski definition) is 1. The quantitative estimate of drug-likeness (QED) is 0.613. The van der Waals surface area contributed by atoms with Crippen LogP contribution in [-0.4, -0.2) is 30.6 Å². The third-order valence-corrected chi connectivity index (χ3v) is 4.52. The fraction of sp³-hybridized carbons (Fsp3) is 0.174. The number of amides is 1. The molecule has 0 unspecified atom stereocenters. The van der Waals surface area contributed by atoms with Gasteiger partial charge >= 0.3 is 0 Å². The lowest BCUT2D eigenvalue weighted by atomic mass is 10.0. The summed E-state index contributed by atoms with van der Waals surface area (Å²) in [7, 11) is 0. The van der Waals surface area contributed by atoms with Crippen LogP contribution >= 0.6 is 0 Å². The molecule has 0 heterocycles. The van der Waals surface area contributed by atoms with Gasteiger partial charge in [0.1, 0.15) is 5.75 Å². The molecule has 0 aliphatic carbocycles. The predicted molar refractivity (Wildman–Crippen MR) is 108 cm³/mol. The van der Waals surface area contributed by atoms with Crippen LogP contribution in [0.3, 0.4) is 0 Å². The maximum Gasteiger partial charge on any atom is 0.258 e. The molecule has 1 atom stereocenters. The van der Waals surface area contributed by atoms with Crippen LogP contribution in [0.1, 0.15) is 22.8 Å². The highest BCUT2D eigenvalue weighted by molar-refractivity contribution is 6.01. The first-order valence-electron chi connectivity index (χ1n) is 9.02. The second-order valence-electron chi connectivity index (χ2n) is 6.53. The fourth-order valence-electron chi connectivity index (χ4n) is 3.05. The number of hydrogen-bond acceptors (Lipinski definition) is 4. The second kappa shape index (κ2) is 8.95. The molecule has 0 spiro atoms. The average Bonchev–Trinajstić information content (AvgIpc) is 2.72. The molecule has 3 aromatic rings. The number of aldehydes is 1. The maximum absolute atomic E-state index is 12.3. The van der Waals surface area contributed by atoms with E-state index in [9.17, 15) is 14.4 Å². The molecule has 0 fully saturated rings. The lowest BCUT2D eigenvalue weighted by Crippen LogP contribution is -2.43. The number of rotatable bonds is 8. The van der Waals surface area contributed by atoms with Gasteiger partial charge in [0, 0.05) is 0 Å². The summed E-state index contributed by atoms with van der Waals surface area (Å²) in [6.07, 6.45) is 1.14. The van der Waals surface area contributed by atoms with Crippen LogP contribution in [0, 0.1) is 0 Å². The van der Waals surface area contributed by atoms with Crippen molar-refractivity contribution in [1.29, 1.82) is 0 Å². The van der Waals surface area contributed by atoms with Gasteiger partial charge in [-0.1, -0.05) is 60.7 Å². The van der Waals surface area contributed by atoms with Crippen LogP contribution in [-0.2, 0) is 16.0 Å². The molecule has 142 valence electrons. The second-order valence-corrected chi connectivity index (χ2v) is 6.53. The molecule has 0 radical (unpaired) electrons. The van der Waals surface area contributed by atoms with Crippen molar-refractivity contribution in [3.05, 3.63) is 77.9 Å². The summed E-state index contributed by atoms with van der Waals surface area (Å²) >= 11 is 0. The molecule has 3 aromatic carbocycles. The van der Waals surface area contributed by atoms with Gasteiger partial charge < -0.3 is 10.1 Å². The summed E-state index contributed by atoms with van der Waals surface area (Å²) in [5.74, 6) is -0.205. The van der Waals surface area contributed by atoms with E-state index in [0.29, 0.717) is 17.7 Å². The first-order chi connectivity index (χ1) is 13.6. The minimum absolute atomic E-state index is 0.128. The highest BCUT2D eigenvalue weighted by atomic mass is 16.5. The van der Waals surface area contributed by atoms with E-state index < -0.39 is 11.9 Å². The molecule has 3 rings (SSSR count). The molecular formula is C23H21NO4. The van der Waals surface area contributed by atoms with E-state index in [0.717, 1.165) is 22.6 Å². The van der Waals surface area contributed by atoms with Crippen LogP contribution in [0.25, 0.3) is 10.8 Å². The molecule has 0 saturated carbocycles. The van der Waals surface area contributed by atoms with E-state index >= 15 is 0 Å². The smallest absolute Gasteiger partial charge is 0.258 e. The summed E-state index contributed by atoms with van der Waals surface area (Å²) in [5.41, 5.74) is 1.36. The normalized spacial score (nSPS) is 11.6. The first kappa shape index (κ1) is 19.3. The number of carbonyl (C=O) groups is 3. The standard InChI is InChI=1S/C23H21NO4/c1-16(26)21(13-17-7-3-2-4-8-17)24-23(27)15-28-22-12-11-18-9-5-6-10-19(18)20(22)14-25/h2-12,14,21H,13,15H2,1H3,(H,24,27)/t21-/m1/s1. The average molecular weight is 375 g/mol. The minimum Gasteiger partial charge on any atom is -0.483 e. The molecule has 0 bridgehead atoms. The van der Waals surface area contributed by atoms with Crippen LogP contribution in [0.4, 0.5) is 0 Å². The van der Waals surface area contributed by atoms with Crippen molar-refractivity contribution in [2.75, 3.05) is 6.61 Å². The molecule has 0 aliphatic heterocycles. The number of carbonyl (C=O) groups excluding carboxylic acids is 3. The van der Waals surface area contributed by atoms with Crippen LogP contribution in [0.5, 0.6) is 5.75 Å². The predicted octanol–water partition coefficient (Wildman–Crippen LogP) is 3.35. The summed E-state index contributed by atoms with van der Waals surface area (Å²) < 4.78 is 5.57. The lowest BCUT2D eigenvalue weighted by Gasteiger charge is -2.17. The number of fused-ring (bicyclic) bond motifs is 1. The fourth-order valence-corrected chi connectivity index (χ4v) is 3.05. The molecule has 28 heavy (non-hydrogen) atoms. The summed E-state index contributed by atoms with van der Waals surface area (Å²) in [6, 6.07) is 19.8. The van der Waals surface area contributed by atoms with Gasteiger partial charge in [-0.25, -0.2) is 0 Å². The SMILES string of the molecule is CC(=O)[C@@H](Cc1ccccc1)NC(=O)COc1ccc2ccccc2c1C=O. The zero-order valence-corrected chi connectivity index (χ0v) is 15.6. The lowest BCUT2D eigenvalue weighted by molar-refractivity contribution is -0.128. The molecule has 0 aromatic heterocycles. The van der Waals surface area contributed by atoms with Gasteiger partial charge in [-0.3, -0.25) is 14.4 Å². The molecular weight excluding hydrogens is 354 g/mol. The van der Waals surface area contributed by atoms with Crippen LogP contribution < -0.4 is 10.1 Å². The highest BCUT2D eigenvalue weighted by Crippen LogP contribution is 2.26. The molecule has 5 nitrogen and oxygen atoms in total. The Morgan fingerprint density at radius 3 is 2.43 bits per heavy atom. The Kier molecular flexibility index (Phi) is 6.17. The van der Waals surface area contributed by atoms with Crippen molar-refractivity contribution >= 4 is 28.7 Å². The van der Waals surface area contributed by atoms with Gasteiger partial charge in [-0.05, 0) is 35.7 Å². The van der Waals surface area contributed by atoms with Gasteiger partial charge in [0.25, 0.3) is 5.91 Å². The van der Waals surface area contributed by atoms with E-state index in [4.69, 9.17) is 4.74 Å². The Balaban J connectivity index is 1.67. The number of Topliss-reactive ketones (excluding diaryl/α,β-unsaturated/α-hetero) is 1. The van der Waals surface area contributed by atoms with Crippen molar-refractivity contribution < 1.29 is 19.1 Å². The molecule has 0 aliphatic rings. The molecule has 5 heteroatoms. The summed E-state index contributed by atoms with van der Waals surface area (Å²) in [4.78, 5) is 35.7. The Morgan fingerprint density at radius 1 is 1.00 bits per heavy atom. The topological polar surface area (TPSA) is 72.5 Å². The number of nitrogens with one attached hydrogen (secondary N) is 1. The zero-order valence-electron chi connectivity index (χ0n) is 15.6. The number of benzene rings is 3. The summed E-state index contributed by atoms with van der Waals surface area (Å²) in [6.45, 7) is 1.17. The summed E-state index contributed by atoms with van der Waals surface area (Å²) in [5, 5.41) is 4.39. The minimum atomic E-state index is -0.624. The maximum atomic E-state index is 12.3. The molecule has 0 saturated heterocycles. The van der Waals surface area contributed by atoms with E-state index in [1.54, 1.807) is 6.07 Å². The van der Waals surface area contributed by atoms with Crippen molar-refractivity contribution in [1.82, 2.24) is 5.32 Å². The van der Waals surface area contributed by atoms with Crippen molar-refractivity contribution in [2.24, 2.45) is 0 Å². The Labute approximate surface area is 163 Å². The van der Waals surface area contributed by atoms with Gasteiger partial charge in [0.05, 0.1) is 11.6 Å². The van der Waals surface area contributed by atoms with Crippen LogP contribution in [0.15, 0.2) is 66.7 Å². The van der Waals surface area contributed by atoms with E-state index in [-0.39, 0.29) is 12.4 Å². The Bertz CT molecular complexity index is 998. The monoisotopic (exact) mass is 375 g/mol. The Hall–Kier alpha value is -3.47. The first-order valence-corrected chi connectivity index (χ1v) is 9.02. The number of ether oxygens (including phenoxy) is 1. The third kappa shape index (κ3) is 4.62. The Morgan fingerprint density at radius 2 is 1.71 bits per heavy atom. The van der Waals surface area contributed by atoms with Crippen molar-refractivity contribution in [3.63, 3.8) is 0 Å². The zero-order chi connectivity index (χ0) is 19.9. The van der Waals surface area contributed by atoms with Gasteiger partial charge in [0.2, 0.25) is 0 Å². The molecule has 1 amide bonds. The molecule has 1 N–H and O–H groups in total. The largest absolute Gasteiger partial charge is 0.483 e. The third-order valence-electron chi connectivity index (χ3n) is 4.52. The van der Waals surface area contributed by atoms with Gasteiger partial charge in [0.15, 0.2) is 18.7 Å². The number of ketones is 1. The van der Waals surface area contributed by atoms with E-state index in [2.05, 4.69) is 5.32 Å². The highest BCUT2D eigenvalue weighted by Gasteiger charge is 2.18. The van der Waals surface area contributed by atoms with Gasteiger partial charge in [-0.2, -0.15) is 0 Å². The van der Waals surface area contributed by atoms with Crippen LogP contribution in [0.2, 0.25) is 0 Å².